The van der Waals surface area contributed by atoms with Gasteiger partial charge in [-0.2, -0.15) is 0 Å². The normalized spacial score (nSPS) is 11.1. The van der Waals surface area contributed by atoms with Crippen LogP contribution >= 0.6 is 0 Å². The van der Waals surface area contributed by atoms with Crippen molar-refractivity contribution in [2.24, 2.45) is 0 Å². The van der Waals surface area contributed by atoms with Gasteiger partial charge in [-0.25, -0.2) is 0 Å². The average Bonchev–Trinajstić information content (AvgIpc) is 2.35. The molecule has 0 fully saturated rings. The number of anilines is 1. The molecular weight excluding hydrogens is 234 g/mol. The van der Waals surface area contributed by atoms with Crippen molar-refractivity contribution in [3.05, 3.63) is 29.3 Å². The van der Waals surface area contributed by atoms with Crippen molar-refractivity contribution >= 4 is 5.69 Å². The standard InChI is InChI=1S/C16H29N3/c1-6-9-19(11-10-18(4)5)16-8-7-14(2)12-15(16)13-17-3/h7-8,12,17H,6,9-11,13H2,1-5H3. The monoisotopic (exact) mass is 263 g/mol. The van der Waals surface area contributed by atoms with Crippen LogP contribution in [0, 0.1) is 6.92 Å². The zero-order chi connectivity index (χ0) is 14.3. The fraction of sp³-hybridized carbons (Fsp3) is 0.625. The van der Waals surface area contributed by atoms with E-state index in [1.165, 1.54) is 23.2 Å². The van der Waals surface area contributed by atoms with E-state index < -0.39 is 0 Å². The Morgan fingerprint density at radius 2 is 1.84 bits per heavy atom. The summed E-state index contributed by atoms with van der Waals surface area (Å²) in [6.45, 7) is 8.63. The topological polar surface area (TPSA) is 18.5 Å². The second-order valence-corrected chi connectivity index (χ2v) is 5.45. The number of nitrogens with one attached hydrogen (secondary N) is 1. The molecule has 0 aliphatic heterocycles. The third-order valence-electron chi connectivity index (χ3n) is 3.25. The Morgan fingerprint density at radius 1 is 1.11 bits per heavy atom. The van der Waals surface area contributed by atoms with E-state index in [0.717, 1.165) is 26.2 Å². The van der Waals surface area contributed by atoms with E-state index in [-0.39, 0.29) is 0 Å². The highest BCUT2D eigenvalue weighted by Gasteiger charge is 2.10. The van der Waals surface area contributed by atoms with Gasteiger partial charge in [0.05, 0.1) is 0 Å². The van der Waals surface area contributed by atoms with Crippen molar-refractivity contribution in [1.29, 1.82) is 0 Å². The van der Waals surface area contributed by atoms with Crippen LogP contribution in [0.1, 0.15) is 24.5 Å². The molecule has 0 aliphatic rings. The third kappa shape index (κ3) is 5.21. The smallest absolute Gasteiger partial charge is 0.0412 e. The van der Waals surface area contributed by atoms with E-state index in [2.05, 4.69) is 61.3 Å². The zero-order valence-electron chi connectivity index (χ0n) is 13.2. The fourth-order valence-corrected chi connectivity index (χ4v) is 2.30. The zero-order valence-corrected chi connectivity index (χ0v) is 13.2. The molecule has 108 valence electrons. The van der Waals surface area contributed by atoms with E-state index in [9.17, 15) is 0 Å². The number of rotatable bonds is 8. The van der Waals surface area contributed by atoms with Gasteiger partial charge < -0.3 is 15.1 Å². The first-order valence-corrected chi connectivity index (χ1v) is 7.22. The van der Waals surface area contributed by atoms with Gasteiger partial charge in [0.1, 0.15) is 0 Å². The first-order chi connectivity index (χ1) is 9.08. The molecule has 0 saturated heterocycles. The summed E-state index contributed by atoms with van der Waals surface area (Å²) in [5, 5.41) is 3.28. The summed E-state index contributed by atoms with van der Waals surface area (Å²) >= 11 is 0. The molecule has 1 N–H and O–H groups in total. The predicted octanol–water partition coefficient (Wildman–Crippen LogP) is 2.49. The minimum Gasteiger partial charge on any atom is -0.370 e. The van der Waals surface area contributed by atoms with Crippen molar-refractivity contribution in [2.45, 2.75) is 26.8 Å². The molecule has 0 heterocycles. The summed E-state index contributed by atoms with van der Waals surface area (Å²) in [6, 6.07) is 6.78. The maximum absolute atomic E-state index is 3.28. The second kappa shape index (κ2) is 8.18. The lowest BCUT2D eigenvalue weighted by Gasteiger charge is -2.28. The Balaban J connectivity index is 2.92. The molecule has 0 spiro atoms. The molecule has 0 radical (unpaired) electrons. The maximum atomic E-state index is 3.28. The quantitative estimate of drug-likeness (QED) is 0.777. The second-order valence-electron chi connectivity index (χ2n) is 5.45. The van der Waals surface area contributed by atoms with Gasteiger partial charge in [0.25, 0.3) is 0 Å². The lowest BCUT2D eigenvalue weighted by molar-refractivity contribution is 0.412. The average molecular weight is 263 g/mol. The van der Waals surface area contributed by atoms with Gasteiger partial charge in [0, 0.05) is 31.9 Å². The molecule has 0 unspecified atom stereocenters. The molecule has 1 aromatic rings. The van der Waals surface area contributed by atoms with Gasteiger partial charge in [0.2, 0.25) is 0 Å². The minimum atomic E-state index is 0.930. The lowest BCUT2D eigenvalue weighted by atomic mass is 10.1. The number of aryl methyl sites for hydroxylation is 1. The van der Waals surface area contributed by atoms with Gasteiger partial charge in [-0.1, -0.05) is 24.6 Å². The largest absolute Gasteiger partial charge is 0.370 e. The van der Waals surface area contributed by atoms with Crippen LogP contribution in [0.15, 0.2) is 18.2 Å². The summed E-state index contributed by atoms with van der Waals surface area (Å²) in [7, 11) is 6.28. The summed E-state index contributed by atoms with van der Waals surface area (Å²) in [4.78, 5) is 4.75. The van der Waals surface area contributed by atoms with E-state index in [4.69, 9.17) is 0 Å². The third-order valence-corrected chi connectivity index (χ3v) is 3.25. The molecule has 0 amide bonds. The maximum Gasteiger partial charge on any atom is 0.0412 e. The van der Waals surface area contributed by atoms with Crippen LogP contribution in [0.4, 0.5) is 5.69 Å². The molecule has 0 bridgehead atoms. The molecule has 0 atom stereocenters. The molecule has 0 aromatic heterocycles. The van der Waals surface area contributed by atoms with Crippen molar-refractivity contribution in [3.63, 3.8) is 0 Å². The molecule has 3 heteroatoms. The van der Waals surface area contributed by atoms with E-state index in [0.29, 0.717) is 0 Å². The van der Waals surface area contributed by atoms with Crippen LogP contribution in [0.5, 0.6) is 0 Å². The molecule has 3 nitrogen and oxygen atoms in total. The summed E-state index contributed by atoms with van der Waals surface area (Å²) in [6.07, 6.45) is 1.18. The molecule has 1 aromatic carbocycles. The molecular formula is C16H29N3. The summed E-state index contributed by atoms with van der Waals surface area (Å²) in [5.41, 5.74) is 4.11. The molecule has 0 aliphatic carbocycles. The van der Waals surface area contributed by atoms with E-state index in [1.807, 2.05) is 7.05 Å². The van der Waals surface area contributed by atoms with Crippen LogP contribution in [0.3, 0.4) is 0 Å². The Bertz CT molecular complexity index is 374. The SMILES string of the molecule is CCCN(CCN(C)C)c1ccc(C)cc1CNC. The van der Waals surface area contributed by atoms with Gasteiger partial charge in [-0.05, 0) is 46.1 Å². The van der Waals surface area contributed by atoms with Crippen LogP contribution in [-0.2, 0) is 6.54 Å². The number of nitrogens with zero attached hydrogens (tertiary/aromatic N) is 2. The fourth-order valence-electron chi connectivity index (χ4n) is 2.30. The summed E-state index contributed by atoms with van der Waals surface area (Å²) < 4.78 is 0. The van der Waals surface area contributed by atoms with Crippen molar-refractivity contribution < 1.29 is 0 Å². The number of hydrogen-bond donors (Lipinski definition) is 1. The first kappa shape index (κ1) is 16.0. The molecule has 0 saturated carbocycles. The highest BCUT2D eigenvalue weighted by Crippen LogP contribution is 2.22. The van der Waals surface area contributed by atoms with E-state index in [1.54, 1.807) is 0 Å². The molecule has 1 rings (SSSR count). The van der Waals surface area contributed by atoms with E-state index >= 15 is 0 Å². The summed E-state index contributed by atoms with van der Waals surface area (Å²) in [5.74, 6) is 0. The number of benzene rings is 1. The molecule has 19 heavy (non-hydrogen) atoms. The Morgan fingerprint density at radius 3 is 2.42 bits per heavy atom. The Kier molecular flexibility index (Phi) is 6.89. The van der Waals surface area contributed by atoms with Gasteiger partial charge in [0.15, 0.2) is 0 Å². The van der Waals surface area contributed by atoms with Gasteiger partial charge in [-0.3, -0.25) is 0 Å². The van der Waals surface area contributed by atoms with Gasteiger partial charge in [-0.15, -0.1) is 0 Å². The predicted molar refractivity (Wildman–Crippen MR) is 85.0 cm³/mol. The highest BCUT2D eigenvalue weighted by molar-refractivity contribution is 5.55. The van der Waals surface area contributed by atoms with Crippen molar-refractivity contribution in [1.82, 2.24) is 10.2 Å². The highest BCUT2D eigenvalue weighted by atomic mass is 15.2. The van der Waals surface area contributed by atoms with Crippen molar-refractivity contribution in [3.8, 4) is 0 Å². The Hall–Kier alpha value is -1.06. The first-order valence-electron chi connectivity index (χ1n) is 7.22. The Labute approximate surface area is 118 Å². The van der Waals surface area contributed by atoms with Crippen molar-refractivity contribution in [2.75, 3.05) is 45.7 Å². The minimum absolute atomic E-state index is 0.930. The number of hydrogen-bond acceptors (Lipinski definition) is 3. The lowest BCUT2D eigenvalue weighted by Crippen LogP contribution is -2.33. The van der Waals surface area contributed by atoms with Crippen LogP contribution in [0.2, 0.25) is 0 Å². The van der Waals surface area contributed by atoms with Gasteiger partial charge >= 0.3 is 0 Å². The number of likely N-dealkylation sites (N-methyl/N-ethyl adjacent to an activating group) is 1. The van der Waals surface area contributed by atoms with Crippen LogP contribution in [0.25, 0.3) is 0 Å². The van der Waals surface area contributed by atoms with Crippen LogP contribution in [-0.4, -0.2) is 45.7 Å². The van der Waals surface area contributed by atoms with Crippen LogP contribution < -0.4 is 10.2 Å².